The summed E-state index contributed by atoms with van der Waals surface area (Å²) in [5.41, 5.74) is 0. The van der Waals surface area contributed by atoms with Crippen LogP contribution in [-0.2, 0) is 8.85 Å². The smallest absolute Gasteiger partial charge is 0.173 e. The fourth-order valence-corrected chi connectivity index (χ4v) is 11.8. The summed E-state index contributed by atoms with van der Waals surface area (Å²) < 4.78 is 11.9. The molecule has 0 aliphatic heterocycles. The van der Waals surface area contributed by atoms with Crippen molar-refractivity contribution in [3.05, 3.63) is 0 Å². The van der Waals surface area contributed by atoms with Gasteiger partial charge in [-0.1, -0.05) is 51.4 Å². The van der Waals surface area contributed by atoms with E-state index in [4.69, 9.17) is 8.85 Å². The number of hydrogen-bond donors (Lipinski definition) is 0. The van der Waals surface area contributed by atoms with Crippen molar-refractivity contribution in [2.24, 2.45) is 0 Å². The van der Waals surface area contributed by atoms with Crippen LogP contribution >= 0.6 is 0 Å². The van der Waals surface area contributed by atoms with Crippen LogP contribution in [0.2, 0.25) is 38.3 Å². The van der Waals surface area contributed by atoms with Crippen LogP contribution < -0.4 is 0 Å². The summed E-state index contributed by atoms with van der Waals surface area (Å²) in [6, 6.07) is 2.48. The van der Waals surface area contributed by atoms with Gasteiger partial charge in [-0.05, 0) is 44.7 Å². The highest BCUT2D eigenvalue weighted by atomic mass is 28.4. The molecule has 0 N–H and O–H groups in total. The third-order valence-electron chi connectivity index (χ3n) is 3.88. The third kappa shape index (κ3) is 13.4. The Morgan fingerprint density at radius 2 is 1.32 bits per heavy atom. The van der Waals surface area contributed by atoms with E-state index in [2.05, 4.69) is 45.1 Å². The summed E-state index contributed by atoms with van der Waals surface area (Å²) in [6.07, 6.45) is 12.0. The summed E-state index contributed by atoms with van der Waals surface area (Å²) in [4.78, 5) is 0. The molecule has 130 valence electrons. The number of ether oxygens (including phenoxy) is 1. The van der Waals surface area contributed by atoms with Crippen molar-refractivity contribution in [2.75, 3.05) is 6.61 Å². The zero-order valence-corrected chi connectivity index (χ0v) is 17.9. The van der Waals surface area contributed by atoms with Crippen molar-refractivity contribution < 1.29 is 8.85 Å². The van der Waals surface area contributed by atoms with Gasteiger partial charge in [0.05, 0.1) is 6.61 Å². The van der Waals surface area contributed by atoms with Gasteiger partial charge >= 0.3 is 0 Å². The molecule has 4 heteroatoms. The van der Waals surface area contributed by atoms with Gasteiger partial charge in [0.25, 0.3) is 0 Å². The maximum atomic E-state index is 6.65. The second-order valence-electron chi connectivity index (χ2n) is 7.44. The molecule has 0 aromatic rings. The maximum Gasteiger partial charge on any atom is 0.173 e. The summed E-state index contributed by atoms with van der Waals surface area (Å²) in [7, 11) is -3.04. The second kappa shape index (κ2) is 12.2. The minimum Gasteiger partial charge on any atom is -0.455 e. The largest absolute Gasteiger partial charge is 0.455 e. The summed E-state index contributed by atoms with van der Waals surface area (Å²) in [6.45, 7) is 14.3. The van der Waals surface area contributed by atoms with Gasteiger partial charge in [0, 0.05) is 6.92 Å². The Labute approximate surface area is 141 Å². The number of rotatable bonds is 13. The molecule has 0 heterocycles. The van der Waals surface area contributed by atoms with E-state index in [-0.39, 0.29) is 0 Å². The first-order valence-electron chi connectivity index (χ1n) is 9.07. The normalized spacial score (nSPS) is 11.9. The first-order chi connectivity index (χ1) is 10.3. The minimum atomic E-state index is -1.55. The molecule has 0 spiro atoms. The van der Waals surface area contributed by atoms with Crippen LogP contribution in [-0.4, -0.2) is 23.2 Å². The Balaban J connectivity index is 3.90. The van der Waals surface area contributed by atoms with Crippen molar-refractivity contribution in [1.29, 1.82) is 0 Å². The fourth-order valence-electron chi connectivity index (χ4n) is 2.87. The Hall–Kier alpha value is -0.246. The molecule has 0 atom stereocenters. The number of unbranched alkanes of at least 4 members (excludes halogenated alkanes) is 5. The van der Waals surface area contributed by atoms with E-state index in [1.54, 1.807) is 6.92 Å². The molecule has 0 unspecified atom stereocenters. The molecular weight excluding hydrogens is 304 g/mol. The summed E-state index contributed by atoms with van der Waals surface area (Å²) in [5.74, 6) is 2.76. The van der Waals surface area contributed by atoms with Crippen LogP contribution in [0.3, 0.4) is 0 Å². The van der Waals surface area contributed by atoms with Crippen molar-refractivity contribution in [3.63, 3.8) is 0 Å². The van der Waals surface area contributed by atoms with Gasteiger partial charge in [-0.25, -0.2) is 0 Å². The van der Waals surface area contributed by atoms with Gasteiger partial charge in [0.1, 0.15) is 6.11 Å². The van der Waals surface area contributed by atoms with Gasteiger partial charge in [0.2, 0.25) is 0 Å². The maximum absolute atomic E-state index is 6.65. The molecule has 0 radical (unpaired) electrons. The topological polar surface area (TPSA) is 18.5 Å². The van der Waals surface area contributed by atoms with E-state index in [0.29, 0.717) is 0 Å². The van der Waals surface area contributed by atoms with Crippen molar-refractivity contribution in [3.8, 4) is 12.0 Å². The highest BCUT2D eigenvalue weighted by Crippen LogP contribution is 2.24. The first-order valence-corrected chi connectivity index (χ1v) is 15.3. The Morgan fingerprint density at radius 1 is 0.773 bits per heavy atom. The highest BCUT2D eigenvalue weighted by Gasteiger charge is 2.32. The van der Waals surface area contributed by atoms with Gasteiger partial charge in [-0.15, -0.1) is 0 Å². The molecule has 0 saturated carbocycles. The molecular formula is C18H38O2Si2. The van der Waals surface area contributed by atoms with E-state index in [1.165, 1.54) is 50.6 Å². The van der Waals surface area contributed by atoms with Gasteiger partial charge in [0.15, 0.2) is 16.6 Å². The monoisotopic (exact) mass is 342 g/mol. The lowest BCUT2D eigenvalue weighted by molar-refractivity contribution is 0.275. The van der Waals surface area contributed by atoms with Crippen LogP contribution in [0.1, 0.15) is 58.8 Å². The molecule has 0 aromatic carbocycles. The molecule has 0 bridgehead atoms. The zero-order valence-electron chi connectivity index (χ0n) is 15.9. The predicted molar refractivity (Wildman–Crippen MR) is 103 cm³/mol. The lowest BCUT2D eigenvalue weighted by Crippen LogP contribution is -2.44. The van der Waals surface area contributed by atoms with E-state index in [0.717, 1.165) is 13.0 Å². The Morgan fingerprint density at radius 3 is 1.91 bits per heavy atom. The standard InChI is InChI=1S/C18H38O2Si2/c1-7-9-10-11-12-13-17-21(3,4)20-22(5,6)18-14-16-19-15-8-2/h7,9-14,16-18H2,1-6H3. The molecule has 0 amide bonds. The molecule has 2 nitrogen and oxygen atoms in total. The average Bonchev–Trinajstić information content (AvgIpc) is 2.41. The fraction of sp³-hybridized carbons (Fsp3) is 0.889. The summed E-state index contributed by atoms with van der Waals surface area (Å²) in [5, 5.41) is 0. The van der Waals surface area contributed by atoms with E-state index < -0.39 is 16.6 Å². The predicted octanol–water partition coefficient (Wildman–Crippen LogP) is 6.16. The molecule has 0 saturated heterocycles. The second-order valence-corrected chi connectivity index (χ2v) is 16.3. The lowest BCUT2D eigenvalue weighted by Gasteiger charge is -2.34. The molecule has 0 aromatic heterocycles. The number of hydrogen-bond acceptors (Lipinski definition) is 2. The third-order valence-corrected chi connectivity index (χ3v) is 11.4. The minimum absolute atomic E-state index is 0.736. The van der Waals surface area contributed by atoms with Crippen LogP contribution in [0.4, 0.5) is 0 Å². The first kappa shape index (κ1) is 21.8. The van der Waals surface area contributed by atoms with Gasteiger partial charge < -0.3 is 8.85 Å². The molecule has 0 aliphatic rings. The SMILES string of the molecule is CC#COCCC[Si](C)(C)O[Si](C)(C)CCCCCCCC. The lowest BCUT2D eigenvalue weighted by atomic mass is 10.1. The Bertz CT molecular complexity index is 330. The van der Waals surface area contributed by atoms with E-state index in [9.17, 15) is 0 Å². The van der Waals surface area contributed by atoms with Crippen molar-refractivity contribution >= 4 is 16.6 Å². The van der Waals surface area contributed by atoms with E-state index >= 15 is 0 Å². The van der Waals surface area contributed by atoms with Crippen molar-refractivity contribution in [2.45, 2.75) is 97.1 Å². The van der Waals surface area contributed by atoms with Crippen LogP contribution in [0.5, 0.6) is 0 Å². The molecule has 0 aliphatic carbocycles. The summed E-state index contributed by atoms with van der Waals surface area (Å²) >= 11 is 0. The average molecular weight is 343 g/mol. The van der Waals surface area contributed by atoms with Gasteiger partial charge in [-0.3, -0.25) is 0 Å². The molecule has 0 fully saturated rings. The zero-order chi connectivity index (χ0) is 16.9. The van der Waals surface area contributed by atoms with Gasteiger partial charge in [-0.2, -0.15) is 0 Å². The van der Waals surface area contributed by atoms with E-state index in [1.807, 2.05) is 0 Å². The van der Waals surface area contributed by atoms with Crippen LogP contribution in [0.15, 0.2) is 0 Å². The molecule has 22 heavy (non-hydrogen) atoms. The Kier molecular flexibility index (Phi) is 12.1. The quantitative estimate of drug-likeness (QED) is 0.227. The van der Waals surface area contributed by atoms with Crippen LogP contribution in [0, 0.1) is 12.0 Å². The van der Waals surface area contributed by atoms with Crippen molar-refractivity contribution in [1.82, 2.24) is 0 Å². The molecule has 0 rings (SSSR count). The highest BCUT2D eigenvalue weighted by molar-refractivity contribution is 6.84. The van der Waals surface area contributed by atoms with Crippen LogP contribution in [0.25, 0.3) is 0 Å².